The number of nitrogens with one attached hydrogen (secondary N) is 2. The van der Waals surface area contributed by atoms with Crippen LogP contribution in [0, 0.1) is 0 Å². The van der Waals surface area contributed by atoms with Crippen LogP contribution in [0.25, 0.3) is 10.9 Å². The maximum absolute atomic E-state index is 12.7. The van der Waals surface area contributed by atoms with Crippen molar-refractivity contribution >= 4 is 34.0 Å². The number of aromatic nitrogens is 2. The highest BCUT2D eigenvalue weighted by Crippen LogP contribution is 2.26. The van der Waals surface area contributed by atoms with E-state index >= 15 is 0 Å². The Hall–Kier alpha value is -3.73. The molecule has 4 rings (SSSR count). The first-order valence-corrected chi connectivity index (χ1v) is 9.59. The van der Waals surface area contributed by atoms with Crippen LogP contribution in [0.15, 0.2) is 79.1 Å². The van der Waals surface area contributed by atoms with Gasteiger partial charge in [-0.25, -0.2) is 4.98 Å². The summed E-state index contributed by atoms with van der Waals surface area (Å²) in [6, 6.07) is 21.3. The monoisotopic (exact) mass is 382 g/mol. The van der Waals surface area contributed by atoms with E-state index in [1.165, 1.54) is 5.56 Å². The second kappa shape index (κ2) is 8.10. The molecular weight excluding hydrogens is 360 g/mol. The zero-order chi connectivity index (χ0) is 20.2. The van der Waals surface area contributed by atoms with Gasteiger partial charge in [-0.05, 0) is 41.8 Å². The van der Waals surface area contributed by atoms with Crippen LogP contribution in [0.1, 0.15) is 35.7 Å². The van der Waals surface area contributed by atoms with E-state index in [-0.39, 0.29) is 5.91 Å². The number of pyridine rings is 2. The van der Waals surface area contributed by atoms with E-state index in [1.807, 2.05) is 54.6 Å². The van der Waals surface area contributed by atoms with Gasteiger partial charge in [-0.15, -0.1) is 0 Å². The molecule has 0 saturated heterocycles. The summed E-state index contributed by atoms with van der Waals surface area (Å²) >= 11 is 0. The Morgan fingerprint density at radius 2 is 1.66 bits per heavy atom. The Bertz CT molecular complexity index is 1150. The lowest BCUT2D eigenvalue weighted by molar-refractivity contribution is 0.102. The number of rotatable bonds is 5. The lowest BCUT2D eigenvalue weighted by Crippen LogP contribution is -2.13. The standard InChI is InChI=1S/C24H22N4O/c1-16(2)19-9-3-4-10-20(19)27-22-13-12-18(15-26-22)24(29)28-21-11-5-7-17-8-6-14-25-23(17)21/h3-16H,1-2H3,(H,26,27)(H,28,29). The van der Waals surface area contributed by atoms with Gasteiger partial charge in [-0.3, -0.25) is 9.78 Å². The van der Waals surface area contributed by atoms with Gasteiger partial charge in [0.25, 0.3) is 5.91 Å². The van der Waals surface area contributed by atoms with Crippen LogP contribution in [0.5, 0.6) is 0 Å². The van der Waals surface area contributed by atoms with E-state index in [1.54, 1.807) is 18.5 Å². The zero-order valence-corrected chi connectivity index (χ0v) is 16.4. The highest BCUT2D eigenvalue weighted by atomic mass is 16.1. The molecule has 0 aliphatic rings. The van der Waals surface area contributed by atoms with E-state index < -0.39 is 0 Å². The molecule has 4 aromatic rings. The van der Waals surface area contributed by atoms with Gasteiger partial charge in [0.05, 0.1) is 16.8 Å². The summed E-state index contributed by atoms with van der Waals surface area (Å²) < 4.78 is 0. The average Bonchev–Trinajstić information content (AvgIpc) is 2.75. The molecule has 29 heavy (non-hydrogen) atoms. The summed E-state index contributed by atoms with van der Waals surface area (Å²) in [5.41, 5.74) is 4.18. The van der Waals surface area contributed by atoms with Crippen molar-refractivity contribution in [2.45, 2.75) is 19.8 Å². The molecule has 0 atom stereocenters. The predicted molar refractivity (Wildman–Crippen MR) is 118 cm³/mol. The Kier molecular flexibility index (Phi) is 5.20. The Morgan fingerprint density at radius 1 is 0.862 bits per heavy atom. The largest absolute Gasteiger partial charge is 0.340 e. The number of carbonyl (C=O) groups excluding carboxylic acids is 1. The molecule has 0 unspecified atom stereocenters. The molecule has 5 heteroatoms. The fraction of sp³-hybridized carbons (Fsp3) is 0.125. The smallest absolute Gasteiger partial charge is 0.257 e. The van der Waals surface area contributed by atoms with Crippen LogP contribution in [0.2, 0.25) is 0 Å². The number of nitrogens with zero attached hydrogens (tertiary/aromatic N) is 2. The minimum absolute atomic E-state index is 0.218. The molecule has 0 aliphatic carbocycles. The molecule has 0 bridgehead atoms. The predicted octanol–water partition coefficient (Wildman–Crippen LogP) is 5.75. The van der Waals surface area contributed by atoms with Crippen LogP contribution >= 0.6 is 0 Å². The van der Waals surface area contributed by atoms with Gasteiger partial charge in [-0.2, -0.15) is 0 Å². The SMILES string of the molecule is CC(C)c1ccccc1Nc1ccc(C(=O)Nc2cccc3cccnc23)cn1. The molecule has 2 N–H and O–H groups in total. The van der Waals surface area contributed by atoms with Crippen molar-refractivity contribution in [3.05, 3.63) is 90.3 Å². The highest BCUT2D eigenvalue weighted by molar-refractivity contribution is 6.08. The number of anilines is 3. The van der Waals surface area contributed by atoms with Crippen molar-refractivity contribution in [3.63, 3.8) is 0 Å². The summed E-state index contributed by atoms with van der Waals surface area (Å²) in [5, 5.41) is 7.25. The van der Waals surface area contributed by atoms with Crippen LogP contribution in [0.3, 0.4) is 0 Å². The molecule has 2 aromatic carbocycles. The normalized spacial score (nSPS) is 10.9. The van der Waals surface area contributed by atoms with E-state index in [9.17, 15) is 4.79 Å². The van der Waals surface area contributed by atoms with Gasteiger partial charge in [0, 0.05) is 23.5 Å². The minimum Gasteiger partial charge on any atom is -0.340 e. The first-order valence-electron chi connectivity index (χ1n) is 9.59. The summed E-state index contributed by atoms with van der Waals surface area (Å²) in [6.45, 7) is 4.31. The first kappa shape index (κ1) is 18.6. The van der Waals surface area contributed by atoms with E-state index in [0.29, 0.717) is 23.0 Å². The molecule has 5 nitrogen and oxygen atoms in total. The summed E-state index contributed by atoms with van der Waals surface area (Å²) in [6.07, 6.45) is 3.29. The van der Waals surface area contributed by atoms with Gasteiger partial charge in [0.1, 0.15) is 5.82 Å². The maximum Gasteiger partial charge on any atom is 0.257 e. The van der Waals surface area contributed by atoms with Crippen molar-refractivity contribution < 1.29 is 4.79 Å². The Labute approximate surface area is 169 Å². The topological polar surface area (TPSA) is 66.9 Å². The van der Waals surface area contributed by atoms with Crippen molar-refractivity contribution in [3.8, 4) is 0 Å². The van der Waals surface area contributed by atoms with Gasteiger partial charge in [-0.1, -0.05) is 50.2 Å². The van der Waals surface area contributed by atoms with Crippen LogP contribution < -0.4 is 10.6 Å². The average molecular weight is 382 g/mol. The van der Waals surface area contributed by atoms with E-state index in [0.717, 1.165) is 16.6 Å². The van der Waals surface area contributed by atoms with Crippen LogP contribution in [0.4, 0.5) is 17.2 Å². The molecule has 2 heterocycles. The molecule has 1 amide bonds. The summed E-state index contributed by atoms with van der Waals surface area (Å²) in [4.78, 5) is 21.5. The second-order valence-electron chi connectivity index (χ2n) is 7.13. The van der Waals surface area contributed by atoms with Gasteiger partial charge < -0.3 is 10.6 Å². The Balaban J connectivity index is 1.51. The number of fused-ring (bicyclic) bond motifs is 1. The number of para-hydroxylation sites is 2. The quantitative estimate of drug-likeness (QED) is 0.461. The highest BCUT2D eigenvalue weighted by Gasteiger charge is 2.11. The number of carbonyl (C=O) groups is 1. The third-order valence-corrected chi connectivity index (χ3v) is 4.75. The van der Waals surface area contributed by atoms with Crippen molar-refractivity contribution in [1.82, 2.24) is 9.97 Å². The molecule has 0 spiro atoms. The lowest BCUT2D eigenvalue weighted by atomic mass is 10.0. The Morgan fingerprint density at radius 3 is 2.45 bits per heavy atom. The molecule has 144 valence electrons. The molecular formula is C24H22N4O. The molecule has 0 saturated carbocycles. The molecule has 2 aromatic heterocycles. The maximum atomic E-state index is 12.7. The van der Waals surface area contributed by atoms with Gasteiger partial charge in [0.2, 0.25) is 0 Å². The van der Waals surface area contributed by atoms with Crippen molar-refractivity contribution in [2.24, 2.45) is 0 Å². The third-order valence-electron chi connectivity index (χ3n) is 4.75. The van der Waals surface area contributed by atoms with Crippen LogP contribution in [-0.2, 0) is 0 Å². The molecule has 0 fully saturated rings. The second-order valence-corrected chi connectivity index (χ2v) is 7.13. The van der Waals surface area contributed by atoms with Crippen molar-refractivity contribution in [2.75, 3.05) is 10.6 Å². The molecule has 0 radical (unpaired) electrons. The number of hydrogen-bond acceptors (Lipinski definition) is 4. The minimum atomic E-state index is -0.218. The number of hydrogen-bond donors (Lipinski definition) is 2. The lowest BCUT2D eigenvalue weighted by Gasteiger charge is -2.14. The fourth-order valence-corrected chi connectivity index (χ4v) is 3.25. The zero-order valence-electron chi connectivity index (χ0n) is 16.4. The van der Waals surface area contributed by atoms with Gasteiger partial charge in [0.15, 0.2) is 0 Å². The summed E-state index contributed by atoms with van der Waals surface area (Å²) in [5.74, 6) is 0.879. The fourth-order valence-electron chi connectivity index (χ4n) is 3.25. The summed E-state index contributed by atoms with van der Waals surface area (Å²) in [7, 11) is 0. The van der Waals surface area contributed by atoms with Crippen LogP contribution in [-0.4, -0.2) is 15.9 Å². The van der Waals surface area contributed by atoms with E-state index in [2.05, 4.69) is 40.5 Å². The molecule has 0 aliphatic heterocycles. The third kappa shape index (κ3) is 4.09. The van der Waals surface area contributed by atoms with E-state index in [4.69, 9.17) is 0 Å². The van der Waals surface area contributed by atoms with Gasteiger partial charge >= 0.3 is 0 Å². The number of benzene rings is 2. The number of amides is 1. The first-order chi connectivity index (χ1) is 14.1. The van der Waals surface area contributed by atoms with Crippen molar-refractivity contribution in [1.29, 1.82) is 0 Å².